The highest BCUT2D eigenvalue weighted by molar-refractivity contribution is 7.98. The average molecular weight is 489 g/mol. The van der Waals surface area contributed by atoms with Gasteiger partial charge in [0, 0.05) is 35.6 Å². The van der Waals surface area contributed by atoms with Crippen molar-refractivity contribution in [1.82, 2.24) is 9.97 Å². The standard InChI is InChI=1S/C25H27F3N4OS/c1-17-13-19(34-15-18-7-4-3-5-8-18)9-10-21(17)30-23-29-14-20(25(26,27)28)22(31-23)32-12-6-11-24(2,33)16-32/h3-5,7-10,13-14,33H,6,11-12,15-16H2,1-2H3,(H,29,30,31). The van der Waals surface area contributed by atoms with Crippen molar-refractivity contribution in [3.05, 3.63) is 71.4 Å². The van der Waals surface area contributed by atoms with Gasteiger partial charge in [0.25, 0.3) is 0 Å². The molecule has 0 aliphatic carbocycles. The van der Waals surface area contributed by atoms with Crippen LogP contribution in [-0.2, 0) is 11.9 Å². The first kappa shape index (κ1) is 24.3. The predicted molar refractivity (Wildman–Crippen MR) is 130 cm³/mol. The number of aliphatic hydroxyl groups is 1. The summed E-state index contributed by atoms with van der Waals surface area (Å²) in [6, 6.07) is 16.1. The van der Waals surface area contributed by atoms with Gasteiger partial charge >= 0.3 is 6.18 Å². The minimum atomic E-state index is -4.59. The zero-order chi connectivity index (χ0) is 24.3. The van der Waals surface area contributed by atoms with Gasteiger partial charge in [0.05, 0.1) is 5.60 Å². The van der Waals surface area contributed by atoms with Crippen LogP contribution in [0.2, 0.25) is 0 Å². The molecule has 1 atom stereocenters. The van der Waals surface area contributed by atoms with E-state index in [4.69, 9.17) is 0 Å². The number of aromatic nitrogens is 2. The number of nitrogens with zero attached hydrogens (tertiary/aromatic N) is 3. The minimum Gasteiger partial charge on any atom is -0.388 e. The highest BCUT2D eigenvalue weighted by atomic mass is 32.2. The number of aryl methyl sites for hydroxylation is 1. The molecule has 0 spiro atoms. The first-order valence-electron chi connectivity index (χ1n) is 11.1. The predicted octanol–water partition coefficient (Wildman–Crippen LogP) is 6.19. The lowest BCUT2D eigenvalue weighted by atomic mass is 9.95. The largest absolute Gasteiger partial charge is 0.421 e. The smallest absolute Gasteiger partial charge is 0.388 e. The third-order valence-electron chi connectivity index (χ3n) is 5.74. The second kappa shape index (κ2) is 9.84. The van der Waals surface area contributed by atoms with Crippen LogP contribution in [0.4, 0.5) is 30.6 Å². The molecule has 1 aromatic heterocycles. The van der Waals surface area contributed by atoms with Crippen LogP contribution in [0, 0.1) is 6.92 Å². The van der Waals surface area contributed by atoms with Gasteiger partial charge in [-0.15, -0.1) is 11.8 Å². The number of piperidine rings is 1. The monoisotopic (exact) mass is 488 g/mol. The summed E-state index contributed by atoms with van der Waals surface area (Å²) in [5.74, 6) is 0.719. The summed E-state index contributed by atoms with van der Waals surface area (Å²) in [6.07, 6.45) is -2.66. The van der Waals surface area contributed by atoms with Crippen molar-refractivity contribution in [1.29, 1.82) is 0 Å². The Kier molecular flexibility index (Phi) is 7.04. The molecule has 0 amide bonds. The van der Waals surface area contributed by atoms with Gasteiger partial charge in [0.1, 0.15) is 11.4 Å². The number of alkyl halides is 3. The topological polar surface area (TPSA) is 61.3 Å². The van der Waals surface area contributed by atoms with Crippen LogP contribution in [0.1, 0.15) is 36.5 Å². The summed E-state index contributed by atoms with van der Waals surface area (Å²) >= 11 is 1.71. The van der Waals surface area contributed by atoms with Crippen LogP contribution in [0.3, 0.4) is 0 Å². The van der Waals surface area contributed by atoms with Gasteiger partial charge in [-0.05, 0) is 56.0 Å². The Hall–Kier alpha value is -2.78. The van der Waals surface area contributed by atoms with Crippen molar-refractivity contribution in [3.63, 3.8) is 0 Å². The van der Waals surface area contributed by atoms with E-state index in [0.29, 0.717) is 19.4 Å². The Morgan fingerprint density at radius 3 is 2.62 bits per heavy atom. The maximum Gasteiger partial charge on any atom is 0.421 e. The zero-order valence-corrected chi connectivity index (χ0v) is 19.9. The lowest BCUT2D eigenvalue weighted by molar-refractivity contribution is -0.137. The Bertz CT molecular complexity index is 1140. The van der Waals surface area contributed by atoms with Gasteiger partial charge in [-0.25, -0.2) is 4.98 Å². The van der Waals surface area contributed by atoms with Gasteiger partial charge in [-0.3, -0.25) is 0 Å². The highest BCUT2D eigenvalue weighted by Crippen LogP contribution is 2.38. The van der Waals surface area contributed by atoms with Crippen LogP contribution in [0.25, 0.3) is 0 Å². The molecular formula is C25H27F3N4OS. The van der Waals surface area contributed by atoms with Crippen molar-refractivity contribution in [2.24, 2.45) is 0 Å². The van der Waals surface area contributed by atoms with E-state index in [0.717, 1.165) is 28.1 Å². The van der Waals surface area contributed by atoms with E-state index in [1.807, 2.05) is 43.3 Å². The summed E-state index contributed by atoms with van der Waals surface area (Å²) in [7, 11) is 0. The quantitative estimate of drug-likeness (QED) is 0.404. The summed E-state index contributed by atoms with van der Waals surface area (Å²) in [5, 5.41) is 13.5. The van der Waals surface area contributed by atoms with Gasteiger partial charge in [0.2, 0.25) is 5.95 Å². The minimum absolute atomic E-state index is 0.0822. The van der Waals surface area contributed by atoms with E-state index < -0.39 is 17.3 Å². The fourth-order valence-electron chi connectivity index (χ4n) is 4.00. The van der Waals surface area contributed by atoms with Gasteiger partial charge in [0.15, 0.2) is 0 Å². The van der Waals surface area contributed by atoms with Crippen molar-refractivity contribution in [2.75, 3.05) is 23.3 Å². The molecule has 0 bridgehead atoms. The molecule has 0 saturated carbocycles. The fourth-order valence-corrected chi connectivity index (χ4v) is 4.95. The fraction of sp³-hybridized carbons (Fsp3) is 0.360. The molecule has 180 valence electrons. The second-order valence-corrected chi connectivity index (χ2v) is 9.88. The third kappa shape index (κ3) is 6.01. The zero-order valence-electron chi connectivity index (χ0n) is 19.1. The number of β-amino-alcohol motifs (C(OH)–C–C–N with tert-alkyl or cyclic N) is 1. The number of anilines is 3. The van der Waals surface area contributed by atoms with E-state index in [-0.39, 0.29) is 18.3 Å². The normalized spacial score (nSPS) is 18.7. The van der Waals surface area contributed by atoms with Crippen molar-refractivity contribution in [3.8, 4) is 0 Å². The summed E-state index contributed by atoms with van der Waals surface area (Å²) < 4.78 is 41.0. The third-order valence-corrected chi connectivity index (χ3v) is 6.81. The highest BCUT2D eigenvalue weighted by Gasteiger charge is 2.39. The second-order valence-electron chi connectivity index (χ2n) is 8.83. The molecule has 2 N–H and O–H groups in total. The molecule has 5 nitrogen and oxygen atoms in total. The molecule has 1 unspecified atom stereocenters. The Morgan fingerprint density at radius 2 is 1.94 bits per heavy atom. The molecule has 0 radical (unpaired) electrons. The molecule has 34 heavy (non-hydrogen) atoms. The first-order valence-corrected chi connectivity index (χ1v) is 12.1. The molecule has 1 aliphatic rings. The number of hydrogen-bond acceptors (Lipinski definition) is 6. The van der Waals surface area contributed by atoms with E-state index in [9.17, 15) is 18.3 Å². The maximum atomic E-state index is 13.7. The molecule has 1 fully saturated rings. The molecule has 4 rings (SSSR count). The van der Waals surface area contributed by atoms with E-state index in [1.165, 1.54) is 10.5 Å². The molecular weight excluding hydrogens is 461 g/mol. The SMILES string of the molecule is Cc1cc(SCc2ccccc2)ccc1Nc1ncc(C(F)(F)F)c(N2CCCC(C)(O)C2)n1. The number of benzene rings is 2. The number of nitrogens with one attached hydrogen (secondary N) is 1. The van der Waals surface area contributed by atoms with Crippen LogP contribution in [0.5, 0.6) is 0 Å². The van der Waals surface area contributed by atoms with Crippen molar-refractivity contribution in [2.45, 2.75) is 49.1 Å². The Morgan fingerprint density at radius 1 is 1.18 bits per heavy atom. The lowest BCUT2D eigenvalue weighted by Gasteiger charge is -2.38. The molecule has 3 aromatic rings. The summed E-state index contributed by atoms with van der Waals surface area (Å²) in [5.41, 5.74) is 0.919. The lowest BCUT2D eigenvalue weighted by Crippen LogP contribution is -2.47. The average Bonchev–Trinajstić information content (AvgIpc) is 2.78. The number of thioether (sulfide) groups is 1. The van der Waals surface area contributed by atoms with E-state index in [2.05, 4.69) is 27.4 Å². The molecule has 2 heterocycles. The summed E-state index contributed by atoms with van der Waals surface area (Å²) in [4.78, 5) is 10.8. The Labute approximate surface area is 201 Å². The van der Waals surface area contributed by atoms with Crippen LogP contribution in [0.15, 0.2) is 59.6 Å². The molecule has 1 saturated heterocycles. The van der Waals surface area contributed by atoms with Gasteiger partial charge < -0.3 is 15.3 Å². The van der Waals surface area contributed by atoms with Crippen molar-refractivity contribution < 1.29 is 18.3 Å². The van der Waals surface area contributed by atoms with E-state index in [1.54, 1.807) is 18.7 Å². The number of hydrogen-bond donors (Lipinski definition) is 2. The van der Waals surface area contributed by atoms with Crippen molar-refractivity contribution >= 4 is 29.2 Å². The van der Waals surface area contributed by atoms with Crippen LogP contribution in [-0.4, -0.2) is 33.8 Å². The maximum absolute atomic E-state index is 13.7. The van der Waals surface area contributed by atoms with Crippen LogP contribution >= 0.6 is 11.8 Å². The van der Waals surface area contributed by atoms with E-state index >= 15 is 0 Å². The number of rotatable bonds is 6. The first-order chi connectivity index (χ1) is 16.1. The Balaban J connectivity index is 1.54. The summed E-state index contributed by atoms with van der Waals surface area (Å²) in [6.45, 7) is 4.04. The molecule has 9 heteroatoms. The van der Waals surface area contributed by atoms with Gasteiger partial charge in [-0.2, -0.15) is 18.2 Å². The van der Waals surface area contributed by atoms with Crippen LogP contribution < -0.4 is 10.2 Å². The molecule has 1 aliphatic heterocycles. The molecule has 2 aromatic carbocycles. The van der Waals surface area contributed by atoms with Gasteiger partial charge in [-0.1, -0.05) is 30.3 Å². The number of halogens is 3.